The van der Waals surface area contributed by atoms with E-state index in [0.29, 0.717) is 11.4 Å². The van der Waals surface area contributed by atoms with Gasteiger partial charge < -0.3 is 37.4 Å². The van der Waals surface area contributed by atoms with E-state index in [1.54, 1.807) is 24.3 Å². The molecule has 0 saturated heterocycles. The van der Waals surface area contributed by atoms with Gasteiger partial charge in [0.05, 0.1) is 18.2 Å². The van der Waals surface area contributed by atoms with Crippen LogP contribution in [0, 0.1) is 0 Å². The normalized spacial score (nSPS) is 10.9. The molecule has 1 atom stereocenters. The number of rotatable bonds is 10. The van der Waals surface area contributed by atoms with E-state index in [4.69, 9.17) is 10.8 Å². The van der Waals surface area contributed by atoms with Gasteiger partial charge in [0.25, 0.3) is 0 Å². The van der Waals surface area contributed by atoms with Crippen molar-refractivity contribution in [2.24, 2.45) is 5.73 Å². The first-order chi connectivity index (χ1) is 13.7. The van der Waals surface area contributed by atoms with E-state index >= 15 is 0 Å². The van der Waals surface area contributed by atoms with E-state index in [2.05, 4.69) is 39.2 Å². The quantitative estimate of drug-likeness (QED) is 0.180. The highest BCUT2D eigenvalue weighted by molar-refractivity contribution is 7.81. The summed E-state index contributed by atoms with van der Waals surface area (Å²) in [5, 5.41) is 19.7. The van der Waals surface area contributed by atoms with Crippen molar-refractivity contribution in [1.82, 2.24) is 16.0 Å². The van der Waals surface area contributed by atoms with Crippen LogP contribution in [-0.2, 0) is 14.4 Å². The fourth-order valence-corrected chi connectivity index (χ4v) is 2.19. The zero-order valence-electron chi connectivity index (χ0n) is 15.2. The summed E-state index contributed by atoms with van der Waals surface area (Å²) in [6.07, 6.45) is -0.458. The summed E-state index contributed by atoms with van der Waals surface area (Å²) in [4.78, 5) is 56.1. The number of hydrogen-bond donors (Lipinski definition) is 8. The van der Waals surface area contributed by atoms with E-state index in [1.165, 1.54) is 0 Å². The second-order valence-corrected chi connectivity index (χ2v) is 6.25. The Labute approximate surface area is 171 Å². The van der Waals surface area contributed by atoms with Crippen molar-refractivity contribution in [3.63, 3.8) is 0 Å². The van der Waals surface area contributed by atoms with E-state index < -0.39 is 41.5 Å². The molecular formula is C16H22N6O6S. The summed E-state index contributed by atoms with van der Waals surface area (Å²) in [7, 11) is 0. The molecule has 0 heterocycles. The van der Waals surface area contributed by atoms with Gasteiger partial charge in [-0.2, -0.15) is 12.6 Å². The van der Waals surface area contributed by atoms with Crippen molar-refractivity contribution in [3.8, 4) is 0 Å². The maximum absolute atomic E-state index is 11.8. The fourth-order valence-electron chi connectivity index (χ4n) is 1.94. The van der Waals surface area contributed by atoms with Crippen LogP contribution >= 0.6 is 12.6 Å². The van der Waals surface area contributed by atoms with Gasteiger partial charge in [-0.1, -0.05) is 0 Å². The highest BCUT2D eigenvalue weighted by atomic mass is 32.1. The zero-order valence-corrected chi connectivity index (χ0v) is 16.1. The van der Waals surface area contributed by atoms with Gasteiger partial charge in [0.1, 0.15) is 0 Å². The summed E-state index contributed by atoms with van der Waals surface area (Å²) in [5.41, 5.74) is 5.95. The number of thiol groups is 1. The van der Waals surface area contributed by atoms with Gasteiger partial charge >= 0.3 is 18.0 Å². The second-order valence-electron chi connectivity index (χ2n) is 5.63. The Bertz CT molecular complexity index is 757. The first-order valence-electron chi connectivity index (χ1n) is 8.33. The highest BCUT2D eigenvalue weighted by Crippen LogP contribution is 2.13. The number of nitrogens with two attached hydrogens (primary N) is 1. The molecule has 0 radical (unpaired) electrons. The number of amides is 6. The number of carboxylic acid groups (broad SMARTS) is 1. The van der Waals surface area contributed by atoms with Crippen LogP contribution in [0.15, 0.2) is 24.3 Å². The number of aliphatic carboxylic acids is 1. The number of carbonyl (C=O) groups is 5. The SMILES string of the molecule is NC(=O)Nc1ccc(NC(=O)NCCNC(=O)CNC(=O)C(S)CC(=O)O)cc1. The topological polar surface area (TPSA) is 192 Å². The minimum absolute atomic E-state index is 0.114. The van der Waals surface area contributed by atoms with Crippen LogP contribution in [0.5, 0.6) is 0 Å². The number of primary amides is 1. The molecule has 0 aliphatic rings. The number of nitrogens with one attached hydrogen (secondary N) is 5. The standard InChI is InChI=1S/C16H22N6O6S/c17-15(27)21-9-1-3-10(4-2-9)22-16(28)19-6-5-18-12(23)8-20-14(26)11(29)7-13(24)25/h1-4,11,29H,5-8H2,(H,18,23)(H,20,26)(H,24,25)(H3,17,21,27)(H2,19,22,28). The lowest BCUT2D eigenvalue weighted by Crippen LogP contribution is -2.43. The van der Waals surface area contributed by atoms with Crippen molar-refractivity contribution in [2.75, 3.05) is 30.3 Å². The number of anilines is 2. The Morgan fingerprint density at radius 2 is 1.48 bits per heavy atom. The Kier molecular flexibility index (Phi) is 9.81. The lowest BCUT2D eigenvalue weighted by atomic mass is 10.3. The first kappa shape index (κ1) is 23.6. The molecule has 0 aromatic heterocycles. The van der Waals surface area contributed by atoms with E-state index in [-0.39, 0.29) is 19.6 Å². The van der Waals surface area contributed by atoms with Crippen LogP contribution in [0.25, 0.3) is 0 Å². The molecule has 6 amide bonds. The molecule has 0 spiro atoms. The lowest BCUT2D eigenvalue weighted by Gasteiger charge is -2.11. The molecule has 158 valence electrons. The average molecular weight is 426 g/mol. The summed E-state index contributed by atoms with van der Waals surface area (Å²) >= 11 is 3.83. The molecule has 0 aliphatic carbocycles. The molecular weight excluding hydrogens is 404 g/mol. The molecule has 0 bridgehead atoms. The van der Waals surface area contributed by atoms with Gasteiger partial charge in [-0.25, -0.2) is 9.59 Å². The van der Waals surface area contributed by atoms with Gasteiger partial charge in [0.15, 0.2) is 0 Å². The molecule has 0 saturated carbocycles. The molecule has 12 nitrogen and oxygen atoms in total. The predicted molar refractivity (Wildman–Crippen MR) is 108 cm³/mol. The van der Waals surface area contributed by atoms with Gasteiger partial charge in [0, 0.05) is 24.5 Å². The Balaban J connectivity index is 2.21. The molecule has 1 unspecified atom stereocenters. The van der Waals surface area contributed by atoms with Crippen LogP contribution in [0.1, 0.15) is 6.42 Å². The van der Waals surface area contributed by atoms with Crippen LogP contribution in [-0.4, -0.2) is 59.8 Å². The monoisotopic (exact) mass is 426 g/mol. The number of hydrogen-bond acceptors (Lipinski definition) is 6. The third-order valence-corrected chi connectivity index (χ3v) is 3.65. The van der Waals surface area contributed by atoms with Gasteiger partial charge in [-0.3, -0.25) is 14.4 Å². The van der Waals surface area contributed by atoms with E-state index in [0.717, 1.165) is 0 Å². The summed E-state index contributed by atoms with van der Waals surface area (Å²) in [5.74, 6) is -2.35. The summed E-state index contributed by atoms with van der Waals surface area (Å²) in [6, 6.07) is 5.04. The number of carboxylic acids is 1. The van der Waals surface area contributed by atoms with Crippen LogP contribution in [0.4, 0.5) is 21.0 Å². The van der Waals surface area contributed by atoms with E-state index in [1.807, 2.05) is 0 Å². The number of carbonyl (C=O) groups excluding carboxylic acids is 4. The van der Waals surface area contributed by atoms with Crippen molar-refractivity contribution in [3.05, 3.63) is 24.3 Å². The molecule has 8 N–H and O–H groups in total. The molecule has 0 fully saturated rings. The maximum atomic E-state index is 11.8. The lowest BCUT2D eigenvalue weighted by molar-refractivity contribution is -0.138. The Hall–Kier alpha value is -3.48. The largest absolute Gasteiger partial charge is 0.481 e. The Morgan fingerprint density at radius 3 is 2.03 bits per heavy atom. The van der Waals surface area contributed by atoms with Crippen LogP contribution in [0.3, 0.4) is 0 Å². The summed E-state index contributed by atoms with van der Waals surface area (Å²) < 4.78 is 0. The number of benzene rings is 1. The summed E-state index contributed by atoms with van der Waals surface area (Å²) in [6.45, 7) is -0.0997. The van der Waals surface area contributed by atoms with Crippen molar-refractivity contribution < 1.29 is 29.1 Å². The minimum atomic E-state index is -1.17. The van der Waals surface area contributed by atoms with Crippen LogP contribution in [0.2, 0.25) is 0 Å². The fraction of sp³-hybridized carbons (Fsp3) is 0.312. The van der Waals surface area contributed by atoms with Crippen molar-refractivity contribution >= 4 is 53.8 Å². The van der Waals surface area contributed by atoms with Crippen molar-refractivity contribution in [2.45, 2.75) is 11.7 Å². The predicted octanol–water partition coefficient (Wildman–Crippen LogP) is -0.696. The smallest absolute Gasteiger partial charge is 0.319 e. The molecule has 1 rings (SSSR count). The average Bonchev–Trinajstić information content (AvgIpc) is 2.64. The third kappa shape index (κ3) is 10.4. The molecule has 0 aliphatic heterocycles. The van der Waals surface area contributed by atoms with Crippen molar-refractivity contribution in [1.29, 1.82) is 0 Å². The van der Waals surface area contributed by atoms with Gasteiger partial charge in [-0.05, 0) is 24.3 Å². The minimum Gasteiger partial charge on any atom is -0.481 e. The number of urea groups is 2. The van der Waals surface area contributed by atoms with Gasteiger partial charge in [-0.15, -0.1) is 0 Å². The molecule has 1 aromatic carbocycles. The highest BCUT2D eigenvalue weighted by Gasteiger charge is 2.17. The van der Waals surface area contributed by atoms with Gasteiger partial charge in [0.2, 0.25) is 11.8 Å². The molecule has 1 aromatic rings. The first-order valence-corrected chi connectivity index (χ1v) is 8.84. The Morgan fingerprint density at radius 1 is 0.931 bits per heavy atom. The molecule has 13 heteroatoms. The van der Waals surface area contributed by atoms with E-state index in [9.17, 15) is 24.0 Å². The zero-order chi connectivity index (χ0) is 21.8. The maximum Gasteiger partial charge on any atom is 0.319 e. The second kappa shape index (κ2) is 12.1. The van der Waals surface area contributed by atoms with Crippen LogP contribution < -0.4 is 32.3 Å². The third-order valence-electron chi connectivity index (χ3n) is 3.24. The molecule has 29 heavy (non-hydrogen) atoms.